The number of aromatic nitrogens is 2. The predicted molar refractivity (Wildman–Crippen MR) is 109 cm³/mol. The molecule has 9 heteroatoms. The van der Waals surface area contributed by atoms with Gasteiger partial charge in [-0.05, 0) is 48.8 Å². The van der Waals surface area contributed by atoms with E-state index in [9.17, 15) is 14.4 Å². The lowest BCUT2D eigenvalue weighted by Gasteiger charge is -2.35. The fourth-order valence-corrected chi connectivity index (χ4v) is 4.17. The van der Waals surface area contributed by atoms with Crippen LogP contribution in [0.15, 0.2) is 34.9 Å². The highest BCUT2D eigenvalue weighted by molar-refractivity contribution is 9.10. The molecule has 152 valence electrons. The van der Waals surface area contributed by atoms with E-state index in [-0.39, 0.29) is 24.3 Å². The number of benzene rings is 1. The summed E-state index contributed by atoms with van der Waals surface area (Å²) >= 11 is 3.44. The van der Waals surface area contributed by atoms with Gasteiger partial charge in [-0.25, -0.2) is 9.48 Å². The number of fused-ring (bicyclic) bond motifs is 2. The quantitative estimate of drug-likeness (QED) is 0.641. The highest BCUT2D eigenvalue weighted by Gasteiger charge is 2.40. The first-order valence-corrected chi connectivity index (χ1v) is 10.1. The summed E-state index contributed by atoms with van der Waals surface area (Å²) in [5.74, 6) is -0.175. The van der Waals surface area contributed by atoms with E-state index in [0.29, 0.717) is 34.5 Å². The second kappa shape index (κ2) is 6.98. The number of imide groups is 1. The van der Waals surface area contributed by atoms with E-state index in [1.807, 2.05) is 0 Å². The third kappa shape index (κ3) is 3.55. The van der Waals surface area contributed by atoms with Crippen LogP contribution in [0.3, 0.4) is 0 Å². The molecule has 0 saturated heterocycles. The number of nitrogens with zero attached hydrogens (tertiary/aromatic N) is 4. The first-order valence-electron chi connectivity index (χ1n) is 9.33. The Hall–Kier alpha value is -2.68. The molecule has 8 nitrogen and oxygen atoms in total. The number of amides is 3. The number of ether oxygens (including phenoxy) is 1. The summed E-state index contributed by atoms with van der Waals surface area (Å²) in [5.41, 5.74) is 0.184. The molecule has 3 heterocycles. The van der Waals surface area contributed by atoms with Crippen LogP contribution in [0.25, 0.3) is 0 Å². The Morgan fingerprint density at radius 3 is 2.38 bits per heavy atom. The first-order chi connectivity index (χ1) is 13.7. The highest BCUT2D eigenvalue weighted by atomic mass is 79.9. The molecule has 2 aromatic rings. The lowest BCUT2D eigenvalue weighted by atomic mass is 10.1. The van der Waals surface area contributed by atoms with Crippen molar-refractivity contribution in [3.05, 3.63) is 46.1 Å². The van der Waals surface area contributed by atoms with E-state index in [2.05, 4.69) is 21.0 Å². The molecular weight excluding hydrogens is 440 g/mol. The molecule has 4 rings (SSSR count). The molecule has 0 aliphatic carbocycles. The Labute approximate surface area is 176 Å². The number of anilines is 1. The Morgan fingerprint density at radius 1 is 1.17 bits per heavy atom. The number of hydrogen-bond acceptors (Lipinski definition) is 5. The van der Waals surface area contributed by atoms with Crippen LogP contribution in [-0.4, -0.2) is 51.3 Å². The van der Waals surface area contributed by atoms with Gasteiger partial charge >= 0.3 is 6.09 Å². The van der Waals surface area contributed by atoms with Gasteiger partial charge in [-0.1, -0.05) is 12.1 Å². The standard InChI is InChI=1S/C20H21BrN4O4/c1-20(2,3)29-19(28)23-9-12(11-25-16(23)15(21)8-22-25)10-24-17(26)13-6-4-5-7-14(13)18(24)27/h4-8,12H,9-11H2,1-3H3. The number of carbonyl (C=O) groups is 3. The summed E-state index contributed by atoms with van der Waals surface area (Å²) in [6.45, 7) is 6.40. The zero-order valence-electron chi connectivity index (χ0n) is 16.4. The maximum absolute atomic E-state index is 12.8. The van der Waals surface area contributed by atoms with Crippen molar-refractivity contribution in [2.45, 2.75) is 32.9 Å². The molecule has 0 N–H and O–H groups in total. The van der Waals surface area contributed by atoms with Crippen LogP contribution in [0.2, 0.25) is 0 Å². The third-order valence-electron chi connectivity index (χ3n) is 4.83. The molecule has 1 aromatic carbocycles. The van der Waals surface area contributed by atoms with Gasteiger partial charge in [-0.15, -0.1) is 0 Å². The summed E-state index contributed by atoms with van der Waals surface area (Å²) in [4.78, 5) is 41.0. The monoisotopic (exact) mass is 460 g/mol. The van der Waals surface area contributed by atoms with Crippen LogP contribution < -0.4 is 4.90 Å². The molecule has 1 atom stereocenters. The molecule has 3 amide bonds. The smallest absolute Gasteiger partial charge is 0.416 e. The van der Waals surface area contributed by atoms with Crippen molar-refractivity contribution in [2.75, 3.05) is 18.0 Å². The zero-order valence-corrected chi connectivity index (χ0v) is 18.0. The molecule has 0 spiro atoms. The van der Waals surface area contributed by atoms with Gasteiger partial charge in [0.05, 0.1) is 21.8 Å². The summed E-state index contributed by atoms with van der Waals surface area (Å²) in [7, 11) is 0. The lowest BCUT2D eigenvalue weighted by Crippen LogP contribution is -2.48. The van der Waals surface area contributed by atoms with E-state index < -0.39 is 11.7 Å². The highest BCUT2D eigenvalue weighted by Crippen LogP contribution is 2.33. The van der Waals surface area contributed by atoms with Crippen LogP contribution in [0.4, 0.5) is 10.6 Å². The van der Waals surface area contributed by atoms with Gasteiger partial charge in [0.1, 0.15) is 5.60 Å². The van der Waals surface area contributed by atoms with Gasteiger partial charge < -0.3 is 4.74 Å². The van der Waals surface area contributed by atoms with Crippen molar-refractivity contribution in [1.82, 2.24) is 14.7 Å². The van der Waals surface area contributed by atoms with Gasteiger partial charge in [0, 0.05) is 25.6 Å². The molecule has 1 unspecified atom stereocenters. The summed E-state index contributed by atoms with van der Waals surface area (Å²) in [5, 5.41) is 4.32. The molecule has 2 aliphatic rings. The van der Waals surface area contributed by atoms with Crippen molar-refractivity contribution in [2.24, 2.45) is 5.92 Å². The molecule has 1 aromatic heterocycles. The number of carbonyl (C=O) groups excluding carboxylic acids is 3. The molecular formula is C20H21BrN4O4. The van der Waals surface area contributed by atoms with Crippen LogP contribution in [-0.2, 0) is 11.3 Å². The maximum atomic E-state index is 12.8. The third-order valence-corrected chi connectivity index (χ3v) is 5.39. The van der Waals surface area contributed by atoms with Crippen molar-refractivity contribution < 1.29 is 19.1 Å². The summed E-state index contributed by atoms with van der Waals surface area (Å²) in [6.07, 6.45) is 1.13. The molecule has 0 bridgehead atoms. The van der Waals surface area contributed by atoms with Crippen LogP contribution in [0.1, 0.15) is 41.5 Å². The Morgan fingerprint density at radius 2 is 1.79 bits per heavy atom. The van der Waals surface area contributed by atoms with Gasteiger partial charge in [0.25, 0.3) is 11.8 Å². The maximum Gasteiger partial charge on any atom is 0.416 e. The minimum absolute atomic E-state index is 0.177. The summed E-state index contributed by atoms with van der Waals surface area (Å²) in [6, 6.07) is 6.80. The van der Waals surface area contributed by atoms with Gasteiger partial charge in [0.15, 0.2) is 5.82 Å². The molecule has 0 fully saturated rings. The lowest BCUT2D eigenvalue weighted by molar-refractivity contribution is 0.0551. The summed E-state index contributed by atoms with van der Waals surface area (Å²) < 4.78 is 7.92. The van der Waals surface area contributed by atoms with Gasteiger partial charge in [-0.3, -0.25) is 19.4 Å². The Bertz CT molecular complexity index is 975. The van der Waals surface area contributed by atoms with E-state index in [1.54, 1.807) is 55.9 Å². The second-order valence-corrected chi connectivity index (χ2v) is 9.08. The van der Waals surface area contributed by atoms with Crippen molar-refractivity contribution in [3.63, 3.8) is 0 Å². The topological polar surface area (TPSA) is 84.7 Å². The van der Waals surface area contributed by atoms with E-state index in [4.69, 9.17) is 4.74 Å². The zero-order chi connectivity index (χ0) is 20.9. The van der Waals surface area contributed by atoms with Crippen LogP contribution in [0, 0.1) is 5.92 Å². The van der Waals surface area contributed by atoms with Crippen molar-refractivity contribution in [1.29, 1.82) is 0 Å². The normalized spacial score (nSPS) is 18.7. The first kappa shape index (κ1) is 19.6. The van der Waals surface area contributed by atoms with E-state index >= 15 is 0 Å². The van der Waals surface area contributed by atoms with Gasteiger partial charge in [-0.2, -0.15) is 5.10 Å². The van der Waals surface area contributed by atoms with E-state index in [1.165, 1.54) is 9.80 Å². The molecule has 0 saturated carbocycles. The fourth-order valence-electron chi connectivity index (χ4n) is 3.66. The minimum Gasteiger partial charge on any atom is -0.443 e. The Kier molecular flexibility index (Phi) is 4.72. The van der Waals surface area contributed by atoms with Crippen molar-refractivity contribution >= 4 is 39.7 Å². The van der Waals surface area contributed by atoms with Crippen LogP contribution in [0.5, 0.6) is 0 Å². The van der Waals surface area contributed by atoms with Gasteiger partial charge in [0.2, 0.25) is 0 Å². The largest absolute Gasteiger partial charge is 0.443 e. The number of hydrogen-bond donors (Lipinski definition) is 0. The second-order valence-electron chi connectivity index (χ2n) is 8.22. The number of halogens is 1. The average molecular weight is 461 g/mol. The fraction of sp³-hybridized carbons (Fsp3) is 0.400. The van der Waals surface area contributed by atoms with Crippen LogP contribution >= 0.6 is 15.9 Å². The number of rotatable bonds is 2. The molecule has 0 radical (unpaired) electrons. The predicted octanol–water partition coefficient (Wildman–Crippen LogP) is 3.31. The minimum atomic E-state index is -0.649. The average Bonchev–Trinajstić information content (AvgIpc) is 3.14. The Balaban J connectivity index is 1.58. The van der Waals surface area contributed by atoms with E-state index in [0.717, 1.165) is 0 Å². The van der Waals surface area contributed by atoms with Crippen molar-refractivity contribution in [3.8, 4) is 0 Å². The molecule has 29 heavy (non-hydrogen) atoms. The molecule has 2 aliphatic heterocycles. The SMILES string of the molecule is CC(C)(C)OC(=O)N1CC(CN2C(=O)c3ccccc3C2=O)Cn2ncc(Br)c21.